The van der Waals surface area contributed by atoms with E-state index in [-0.39, 0.29) is 6.61 Å². The first-order valence-corrected chi connectivity index (χ1v) is 19.3. The van der Waals surface area contributed by atoms with Crippen LogP contribution < -0.4 is 9.64 Å². The number of allylic oxidation sites excluding steroid dienone is 3. The summed E-state index contributed by atoms with van der Waals surface area (Å²) < 4.78 is 5.98. The van der Waals surface area contributed by atoms with Crippen molar-refractivity contribution in [3.05, 3.63) is 143 Å². The Morgan fingerprint density at radius 2 is 1.38 bits per heavy atom. The van der Waals surface area contributed by atoms with Gasteiger partial charge in [0.25, 0.3) is 0 Å². The standard InChI is InChI=1S/C19H21NO.C17H20N2S.C10H18O/c1-20(2)13-7-11-17-16-9-4-3-8-15(16)14-21-19-12-6-5-10-18(17)19;1-13(18(2)3)12-19-14-8-4-6-10-16(14)20-17-11-7-5-9-15(17)19;1-9(2)5-4-6-10(3)7-8-11/h3-6,8-12H,7,13-14H2,1-2H3;4-11,13H,12H2,1-3H3;5,7,11H,4,6,8H2,1-3H3/b;;10-7+. The average molecular weight is 718 g/mol. The number of hydrogen-bond donors (Lipinski definition) is 1. The highest BCUT2D eigenvalue weighted by molar-refractivity contribution is 7.99. The minimum absolute atomic E-state index is 0.167. The molecular formula is C46H59N3O2S. The number of benzene rings is 4. The molecule has 0 saturated heterocycles. The minimum atomic E-state index is 0.167. The molecule has 2 aliphatic rings. The van der Waals surface area contributed by atoms with Gasteiger partial charge in [0.05, 0.1) is 18.0 Å². The largest absolute Gasteiger partial charge is 0.488 e. The van der Waals surface area contributed by atoms with Crippen LogP contribution in [0.15, 0.2) is 136 Å². The summed E-state index contributed by atoms with van der Waals surface area (Å²) in [6.07, 6.45) is 9.60. The summed E-state index contributed by atoms with van der Waals surface area (Å²) in [4.78, 5) is 9.62. The smallest absolute Gasteiger partial charge is 0.127 e. The molecule has 6 rings (SSSR count). The van der Waals surface area contributed by atoms with Crippen molar-refractivity contribution in [2.24, 2.45) is 0 Å². The fourth-order valence-corrected chi connectivity index (χ4v) is 7.06. The van der Waals surface area contributed by atoms with Gasteiger partial charge < -0.3 is 24.5 Å². The Hall–Kier alpha value is -4.07. The summed E-state index contributed by atoms with van der Waals surface area (Å²) in [7, 11) is 8.50. The molecule has 0 fully saturated rings. The van der Waals surface area contributed by atoms with E-state index in [1.165, 1.54) is 54.6 Å². The zero-order chi connectivity index (χ0) is 37.5. The molecule has 0 amide bonds. The number of likely N-dealkylation sites (N-methyl/N-ethyl adjacent to an activating group) is 1. The molecule has 0 aliphatic carbocycles. The lowest BCUT2D eigenvalue weighted by molar-refractivity contribution is 0.307. The molecule has 1 unspecified atom stereocenters. The van der Waals surface area contributed by atoms with Crippen molar-refractivity contribution >= 4 is 28.7 Å². The number of aliphatic hydroxyl groups excluding tert-OH is 1. The number of aliphatic hydroxyl groups is 1. The Labute approximate surface area is 318 Å². The minimum Gasteiger partial charge on any atom is -0.488 e. The Kier molecular flexibility index (Phi) is 16.3. The summed E-state index contributed by atoms with van der Waals surface area (Å²) in [5.74, 6) is 0.977. The average Bonchev–Trinajstić information content (AvgIpc) is 3.29. The molecule has 0 aromatic heterocycles. The molecule has 4 aromatic rings. The molecule has 0 spiro atoms. The van der Waals surface area contributed by atoms with Crippen molar-refractivity contribution in [2.45, 2.75) is 69.4 Å². The number of nitrogens with zero attached hydrogens (tertiary/aromatic N) is 3. The maximum atomic E-state index is 8.55. The summed E-state index contributed by atoms with van der Waals surface area (Å²) in [5, 5.41) is 8.55. The quantitative estimate of drug-likeness (QED) is 0.165. The van der Waals surface area contributed by atoms with Crippen LogP contribution >= 0.6 is 11.8 Å². The topological polar surface area (TPSA) is 39.2 Å². The van der Waals surface area contributed by atoms with Gasteiger partial charge in [-0.15, -0.1) is 0 Å². The van der Waals surface area contributed by atoms with E-state index < -0.39 is 0 Å². The monoisotopic (exact) mass is 717 g/mol. The van der Waals surface area contributed by atoms with E-state index in [0.717, 1.165) is 38.1 Å². The van der Waals surface area contributed by atoms with E-state index in [1.807, 2.05) is 23.9 Å². The highest BCUT2D eigenvalue weighted by Gasteiger charge is 2.24. The van der Waals surface area contributed by atoms with Crippen molar-refractivity contribution in [1.29, 1.82) is 0 Å². The van der Waals surface area contributed by atoms with Gasteiger partial charge in [-0.1, -0.05) is 108 Å². The van der Waals surface area contributed by atoms with Crippen LogP contribution in [0.3, 0.4) is 0 Å². The van der Waals surface area contributed by atoms with Crippen LogP contribution in [0, 0.1) is 0 Å². The van der Waals surface area contributed by atoms with Crippen molar-refractivity contribution in [2.75, 3.05) is 52.8 Å². The number of hydrogen-bond acceptors (Lipinski definition) is 6. The molecule has 52 heavy (non-hydrogen) atoms. The Morgan fingerprint density at radius 3 is 2.00 bits per heavy atom. The van der Waals surface area contributed by atoms with E-state index in [0.29, 0.717) is 12.6 Å². The molecule has 0 saturated carbocycles. The Morgan fingerprint density at radius 1 is 0.788 bits per heavy atom. The Bertz CT molecular complexity index is 1710. The number of fused-ring (bicyclic) bond motifs is 4. The number of para-hydroxylation sites is 3. The third kappa shape index (κ3) is 12.0. The van der Waals surface area contributed by atoms with Gasteiger partial charge in [0.2, 0.25) is 0 Å². The van der Waals surface area contributed by atoms with E-state index in [2.05, 4.69) is 174 Å². The molecule has 0 bridgehead atoms. The van der Waals surface area contributed by atoms with Gasteiger partial charge in [-0.05, 0) is 122 Å². The maximum Gasteiger partial charge on any atom is 0.127 e. The van der Waals surface area contributed by atoms with Crippen LogP contribution in [0.25, 0.3) is 5.57 Å². The van der Waals surface area contributed by atoms with E-state index in [1.54, 1.807) is 0 Å². The van der Waals surface area contributed by atoms with Crippen molar-refractivity contribution in [3.63, 3.8) is 0 Å². The molecule has 6 heteroatoms. The molecule has 1 atom stereocenters. The van der Waals surface area contributed by atoms with Crippen LogP contribution in [0.2, 0.25) is 0 Å². The predicted octanol–water partition coefficient (Wildman–Crippen LogP) is 10.9. The lowest BCUT2D eigenvalue weighted by atomic mass is 9.93. The molecule has 276 valence electrons. The number of ether oxygens (including phenoxy) is 1. The van der Waals surface area contributed by atoms with Crippen LogP contribution in [0.4, 0.5) is 11.4 Å². The second kappa shape index (κ2) is 20.8. The van der Waals surface area contributed by atoms with Gasteiger partial charge in [0.15, 0.2) is 0 Å². The molecule has 4 aromatic carbocycles. The van der Waals surface area contributed by atoms with E-state index in [9.17, 15) is 0 Å². The van der Waals surface area contributed by atoms with Crippen LogP contribution in [-0.4, -0.2) is 68.8 Å². The lowest BCUT2D eigenvalue weighted by Gasteiger charge is -2.36. The third-order valence-corrected chi connectivity index (χ3v) is 10.3. The first-order valence-electron chi connectivity index (χ1n) is 18.4. The normalized spacial score (nSPS) is 14.3. The predicted molar refractivity (Wildman–Crippen MR) is 224 cm³/mol. The summed E-state index contributed by atoms with van der Waals surface area (Å²) in [6, 6.07) is 34.7. The molecule has 2 heterocycles. The lowest BCUT2D eigenvalue weighted by Crippen LogP contribution is -2.37. The second-order valence-electron chi connectivity index (χ2n) is 14.2. The van der Waals surface area contributed by atoms with Gasteiger partial charge in [-0.25, -0.2) is 0 Å². The first-order chi connectivity index (χ1) is 25.1. The highest BCUT2D eigenvalue weighted by Crippen LogP contribution is 2.47. The zero-order valence-electron chi connectivity index (χ0n) is 32.6. The van der Waals surface area contributed by atoms with Gasteiger partial charge in [-0.2, -0.15) is 0 Å². The summed E-state index contributed by atoms with van der Waals surface area (Å²) >= 11 is 1.87. The fourth-order valence-electron chi connectivity index (χ4n) is 5.96. The molecular weight excluding hydrogens is 659 g/mol. The van der Waals surface area contributed by atoms with E-state index in [4.69, 9.17) is 9.84 Å². The van der Waals surface area contributed by atoms with Crippen LogP contribution in [-0.2, 0) is 6.61 Å². The number of anilines is 2. The fraction of sp³-hybridized carbons (Fsp3) is 0.348. The maximum absolute atomic E-state index is 8.55. The van der Waals surface area contributed by atoms with E-state index >= 15 is 0 Å². The van der Waals surface area contributed by atoms with Crippen LogP contribution in [0.1, 0.15) is 63.6 Å². The Balaban J connectivity index is 0.000000184. The highest BCUT2D eigenvalue weighted by atomic mass is 32.2. The summed E-state index contributed by atoms with van der Waals surface area (Å²) in [6.45, 7) is 11.4. The number of rotatable bonds is 10. The van der Waals surface area contributed by atoms with Gasteiger partial charge in [0.1, 0.15) is 12.4 Å². The first kappa shape index (κ1) is 40.7. The molecule has 1 N–H and O–H groups in total. The van der Waals surface area contributed by atoms with Crippen molar-refractivity contribution < 1.29 is 9.84 Å². The SMILES string of the molecule is CC(C)=CCC/C(C)=C/CO.CC(CN1c2ccccc2Sc2ccccc21)N(C)C.CN(C)CCC=C1c2ccccc2COc2ccccc21. The summed E-state index contributed by atoms with van der Waals surface area (Å²) in [5.41, 5.74) is 10.3. The molecule has 5 nitrogen and oxygen atoms in total. The molecule has 0 radical (unpaired) electrons. The van der Waals surface area contributed by atoms with Gasteiger partial charge in [-0.3, -0.25) is 0 Å². The van der Waals surface area contributed by atoms with Crippen molar-refractivity contribution in [1.82, 2.24) is 9.80 Å². The van der Waals surface area contributed by atoms with Crippen LogP contribution in [0.5, 0.6) is 5.75 Å². The molecule has 2 aliphatic heterocycles. The van der Waals surface area contributed by atoms with Gasteiger partial charge >= 0.3 is 0 Å². The second-order valence-corrected chi connectivity index (χ2v) is 15.2. The van der Waals surface area contributed by atoms with Gasteiger partial charge in [0, 0.05) is 34.5 Å². The zero-order valence-corrected chi connectivity index (χ0v) is 33.4. The van der Waals surface area contributed by atoms with Crippen molar-refractivity contribution in [3.8, 4) is 5.75 Å². The third-order valence-electron chi connectivity index (χ3n) is 9.18.